The topological polar surface area (TPSA) is 49.3 Å². The predicted octanol–water partition coefficient (Wildman–Crippen LogP) is 3.11. The van der Waals surface area contributed by atoms with Gasteiger partial charge in [-0.1, -0.05) is 13.8 Å². The first-order chi connectivity index (χ1) is 6.93. The van der Waals surface area contributed by atoms with E-state index < -0.39 is 0 Å². The zero-order chi connectivity index (χ0) is 11.6. The van der Waals surface area contributed by atoms with Crippen molar-refractivity contribution >= 4 is 22.8 Å². The molecule has 3 nitrogen and oxygen atoms in total. The van der Waals surface area contributed by atoms with Crippen molar-refractivity contribution in [2.75, 3.05) is 5.32 Å². The fourth-order valence-electron chi connectivity index (χ4n) is 1.20. The van der Waals surface area contributed by atoms with Crippen LogP contribution in [0, 0.1) is 5.92 Å². The number of hydrogen-bond acceptors (Lipinski definition) is 4. The highest BCUT2D eigenvalue weighted by Crippen LogP contribution is 2.35. The molecule has 0 unspecified atom stereocenters. The third-order valence-corrected chi connectivity index (χ3v) is 2.94. The summed E-state index contributed by atoms with van der Waals surface area (Å²) in [7, 11) is 0. The molecule has 4 heteroatoms. The van der Waals surface area contributed by atoms with E-state index in [-0.39, 0.29) is 23.5 Å². The maximum Gasteiger partial charge on any atom is 0.179 e. The summed E-state index contributed by atoms with van der Waals surface area (Å²) < 4.78 is 0. The Morgan fingerprint density at radius 1 is 1.40 bits per heavy atom. The molecule has 0 aliphatic carbocycles. The van der Waals surface area contributed by atoms with E-state index in [0.717, 1.165) is 0 Å². The molecule has 0 aliphatic heterocycles. The Labute approximate surface area is 94.1 Å². The van der Waals surface area contributed by atoms with E-state index in [2.05, 4.69) is 5.32 Å². The predicted molar refractivity (Wildman–Crippen MR) is 63.9 cm³/mol. The van der Waals surface area contributed by atoms with Crippen molar-refractivity contribution in [2.45, 2.75) is 33.7 Å². The first kappa shape index (κ1) is 12.0. The maximum atomic E-state index is 11.7. The third-order valence-electron chi connectivity index (χ3n) is 1.96. The lowest BCUT2D eigenvalue weighted by atomic mass is 10.1. The first-order valence-corrected chi connectivity index (χ1v) is 5.92. The molecule has 0 saturated carbocycles. The maximum absolute atomic E-state index is 11.7. The summed E-state index contributed by atoms with van der Waals surface area (Å²) in [5, 5.41) is 14.7. The van der Waals surface area contributed by atoms with Crippen LogP contribution in [0.4, 0.5) is 5.69 Å². The van der Waals surface area contributed by atoms with Gasteiger partial charge in [-0.15, -0.1) is 11.3 Å². The number of anilines is 1. The molecule has 0 bridgehead atoms. The van der Waals surface area contributed by atoms with Crippen molar-refractivity contribution in [3.05, 3.63) is 10.3 Å². The molecule has 0 atom stereocenters. The van der Waals surface area contributed by atoms with Crippen molar-refractivity contribution in [3.63, 3.8) is 0 Å². The molecule has 1 heterocycles. The Bertz CT molecular complexity index is 355. The molecule has 0 saturated heterocycles. The zero-order valence-electron chi connectivity index (χ0n) is 9.50. The van der Waals surface area contributed by atoms with Crippen LogP contribution in [0.15, 0.2) is 5.38 Å². The van der Waals surface area contributed by atoms with Crippen molar-refractivity contribution in [1.82, 2.24) is 0 Å². The molecule has 0 radical (unpaired) electrons. The van der Waals surface area contributed by atoms with Gasteiger partial charge >= 0.3 is 0 Å². The normalized spacial score (nSPS) is 11.1. The lowest BCUT2D eigenvalue weighted by Gasteiger charge is -2.08. The van der Waals surface area contributed by atoms with Crippen molar-refractivity contribution in [3.8, 4) is 5.75 Å². The van der Waals surface area contributed by atoms with Crippen LogP contribution in [0.5, 0.6) is 5.75 Å². The lowest BCUT2D eigenvalue weighted by Crippen LogP contribution is -2.09. The van der Waals surface area contributed by atoms with Crippen molar-refractivity contribution in [2.24, 2.45) is 5.92 Å². The Morgan fingerprint density at radius 3 is 2.47 bits per heavy atom. The highest BCUT2D eigenvalue weighted by Gasteiger charge is 2.19. The van der Waals surface area contributed by atoms with Gasteiger partial charge in [-0.25, -0.2) is 0 Å². The fourth-order valence-corrected chi connectivity index (χ4v) is 2.19. The summed E-state index contributed by atoms with van der Waals surface area (Å²) >= 11 is 1.29. The monoisotopic (exact) mass is 227 g/mol. The fraction of sp³-hybridized carbons (Fsp3) is 0.545. The Balaban J connectivity index is 2.94. The van der Waals surface area contributed by atoms with Crippen LogP contribution in [-0.4, -0.2) is 16.9 Å². The number of thiophene rings is 1. The van der Waals surface area contributed by atoms with E-state index in [1.54, 1.807) is 5.38 Å². The molecule has 15 heavy (non-hydrogen) atoms. The number of Topliss-reactive ketones (excluding diaryl/α,β-unsaturated/α-hetero) is 1. The SMILES string of the molecule is CC(C)Nc1csc(C(=O)C(C)C)c1O. The van der Waals surface area contributed by atoms with Gasteiger partial charge in [-0.05, 0) is 13.8 Å². The summed E-state index contributed by atoms with van der Waals surface area (Å²) in [5.74, 6) is 0.00292. The van der Waals surface area contributed by atoms with E-state index in [9.17, 15) is 9.90 Å². The van der Waals surface area contributed by atoms with E-state index in [0.29, 0.717) is 10.6 Å². The van der Waals surface area contributed by atoms with Crippen LogP contribution in [0.1, 0.15) is 37.4 Å². The van der Waals surface area contributed by atoms with E-state index in [1.807, 2.05) is 27.7 Å². The minimum absolute atomic E-state index is 0.00527. The highest BCUT2D eigenvalue weighted by atomic mass is 32.1. The van der Waals surface area contributed by atoms with Gasteiger partial charge in [0.1, 0.15) is 4.88 Å². The number of ketones is 1. The van der Waals surface area contributed by atoms with E-state index in [4.69, 9.17) is 0 Å². The molecule has 1 aromatic rings. The molecule has 0 spiro atoms. The largest absolute Gasteiger partial charge is 0.504 e. The van der Waals surface area contributed by atoms with Gasteiger partial charge in [-0.2, -0.15) is 0 Å². The summed E-state index contributed by atoms with van der Waals surface area (Å²) in [6, 6.07) is 0.243. The highest BCUT2D eigenvalue weighted by molar-refractivity contribution is 7.13. The van der Waals surface area contributed by atoms with Crippen LogP contribution in [0.2, 0.25) is 0 Å². The third kappa shape index (κ3) is 2.72. The Hall–Kier alpha value is -1.03. The van der Waals surface area contributed by atoms with Crippen LogP contribution in [-0.2, 0) is 0 Å². The van der Waals surface area contributed by atoms with Crippen LogP contribution >= 0.6 is 11.3 Å². The van der Waals surface area contributed by atoms with Gasteiger partial charge in [0.15, 0.2) is 11.5 Å². The summed E-state index contributed by atoms with van der Waals surface area (Å²) in [5.41, 5.74) is 0.652. The number of aromatic hydroxyl groups is 1. The molecular weight excluding hydrogens is 210 g/mol. The standard InChI is InChI=1S/C11H17NO2S/c1-6(2)9(13)11-10(14)8(5-15-11)12-7(3)4/h5-7,12,14H,1-4H3. The quantitative estimate of drug-likeness (QED) is 0.777. The number of hydrogen-bond donors (Lipinski definition) is 2. The first-order valence-electron chi connectivity index (χ1n) is 5.04. The summed E-state index contributed by atoms with van der Waals surface area (Å²) in [6.45, 7) is 7.64. The molecule has 1 aromatic heterocycles. The lowest BCUT2D eigenvalue weighted by molar-refractivity contribution is 0.0941. The van der Waals surface area contributed by atoms with Gasteiger partial charge in [-0.3, -0.25) is 4.79 Å². The average molecular weight is 227 g/mol. The van der Waals surface area contributed by atoms with Gasteiger partial charge in [0.2, 0.25) is 0 Å². The Kier molecular flexibility index (Phi) is 3.74. The van der Waals surface area contributed by atoms with Gasteiger partial charge in [0, 0.05) is 17.3 Å². The van der Waals surface area contributed by atoms with Gasteiger partial charge < -0.3 is 10.4 Å². The average Bonchev–Trinajstić information content (AvgIpc) is 2.46. The second kappa shape index (κ2) is 4.66. The number of rotatable bonds is 4. The molecule has 0 fully saturated rings. The van der Waals surface area contributed by atoms with Gasteiger partial charge in [0.25, 0.3) is 0 Å². The zero-order valence-corrected chi connectivity index (χ0v) is 10.3. The van der Waals surface area contributed by atoms with Crippen LogP contribution in [0.25, 0.3) is 0 Å². The molecular formula is C11H17NO2S. The minimum Gasteiger partial charge on any atom is -0.504 e. The number of carbonyl (C=O) groups excluding carboxylic acids is 1. The number of carbonyl (C=O) groups is 1. The molecule has 1 rings (SSSR count). The number of nitrogens with one attached hydrogen (secondary N) is 1. The second-order valence-corrected chi connectivity index (χ2v) is 5.02. The molecule has 0 aromatic carbocycles. The van der Waals surface area contributed by atoms with E-state index >= 15 is 0 Å². The summed E-state index contributed by atoms with van der Waals surface area (Å²) in [6.07, 6.45) is 0. The smallest absolute Gasteiger partial charge is 0.179 e. The van der Waals surface area contributed by atoms with Crippen LogP contribution in [0.3, 0.4) is 0 Å². The van der Waals surface area contributed by atoms with E-state index in [1.165, 1.54) is 11.3 Å². The Morgan fingerprint density at radius 2 is 2.00 bits per heavy atom. The van der Waals surface area contributed by atoms with Crippen LogP contribution < -0.4 is 5.32 Å². The van der Waals surface area contributed by atoms with Gasteiger partial charge in [0.05, 0.1) is 5.69 Å². The molecule has 0 aliphatic rings. The molecule has 0 amide bonds. The summed E-state index contributed by atoms with van der Waals surface area (Å²) in [4.78, 5) is 12.1. The minimum atomic E-state index is -0.0820. The van der Waals surface area contributed by atoms with Crippen molar-refractivity contribution in [1.29, 1.82) is 0 Å². The molecule has 2 N–H and O–H groups in total. The second-order valence-electron chi connectivity index (χ2n) is 4.15. The van der Waals surface area contributed by atoms with Crippen molar-refractivity contribution < 1.29 is 9.90 Å². The molecule has 84 valence electrons.